The molecule has 0 atom stereocenters. The highest BCUT2D eigenvalue weighted by atomic mass is 19.4. The van der Waals surface area contributed by atoms with Gasteiger partial charge in [-0.05, 0) is 12.5 Å². The van der Waals surface area contributed by atoms with E-state index in [1.165, 1.54) is 11.6 Å². The van der Waals surface area contributed by atoms with Crippen molar-refractivity contribution in [2.45, 2.75) is 26.1 Å². The minimum atomic E-state index is -4.36. The van der Waals surface area contributed by atoms with Crippen LogP contribution in [0.1, 0.15) is 17.0 Å². The number of aromatic nitrogens is 1. The molecule has 0 spiro atoms. The Morgan fingerprint density at radius 3 is 2.41 bits per heavy atom. The van der Waals surface area contributed by atoms with Gasteiger partial charge in [-0.3, -0.25) is 4.79 Å². The maximum Gasteiger partial charge on any atom is 0.394 e. The average Bonchev–Trinajstić information content (AvgIpc) is 2.44. The summed E-state index contributed by atoms with van der Waals surface area (Å²) >= 11 is 0. The van der Waals surface area contributed by atoms with Gasteiger partial charge in [0.25, 0.3) is 0 Å². The van der Waals surface area contributed by atoms with Gasteiger partial charge in [0, 0.05) is 18.8 Å². The number of hydrogen-bond acceptors (Lipinski definition) is 2. The van der Waals surface area contributed by atoms with Gasteiger partial charge in [0.05, 0.1) is 12.1 Å². The van der Waals surface area contributed by atoms with Gasteiger partial charge in [-0.25, -0.2) is 0 Å². The van der Waals surface area contributed by atoms with Crippen molar-refractivity contribution in [1.29, 1.82) is 0 Å². The van der Waals surface area contributed by atoms with Crippen LogP contribution in [-0.2, 0) is 20.1 Å². The van der Waals surface area contributed by atoms with Gasteiger partial charge in [0.1, 0.15) is 6.61 Å². The van der Waals surface area contributed by atoms with Crippen LogP contribution in [0, 0.1) is 6.92 Å². The molecule has 0 bridgehead atoms. The second kappa shape index (κ2) is 6.25. The monoisotopic (exact) mass is 311 g/mol. The topological polar surface area (TPSA) is 31.2 Å². The summed E-state index contributed by atoms with van der Waals surface area (Å²) in [6, 6.07) is 10.2. The van der Waals surface area contributed by atoms with Gasteiger partial charge in [0.2, 0.25) is 5.43 Å². The van der Waals surface area contributed by atoms with Crippen molar-refractivity contribution in [3.05, 3.63) is 63.6 Å². The van der Waals surface area contributed by atoms with E-state index in [-0.39, 0.29) is 18.1 Å². The van der Waals surface area contributed by atoms with Crippen molar-refractivity contribution in [3.63, 3.8) is 0 Å². The number of alkyl halides is 3. The molecule has 2 aromatic rings. The third-order valence-corrected chi connectivity index (χ3v) is 3.39. The van der Waals surface area contributed by atoms with E-state index in [9.17, 15) is 18.0 Å². The normalized spacial score (nSPS) is 11.5. The summed E-state index contributed by atoms with van der Waals surface area (Å²) in [6.07, 6.45) is -5.50. The van der Waals surface area contributed by atoms with E-state index in [4.69, 9.17) is 4.74 Å². The van der Waals surface area contributed by atoms with Gasteiger partial charge in [-0.2, -0.15) is 13.2 Å². The fourth-order valence-corrected chi connectivity index (χ4v) is 2.14. The molecule has 0 aliphatic rings. The number of ether oxygens (including phenoxy) is 1. The van der Waals surface area contributed by atoms with Crippen molar-refractivity contribution in [1.82, 2.24) is 4.57 Å². The Morgan fingerprint density at radius 1 is 1.18 bits per heavy atom. The van der Waals surface area contributed by atoms with Crippen LogP contribution < -0.4 is 10.2 Å². The number of pyridine rings is 1. The summed E-state index contributed by atoms with van der Waals surface area (Å²) in [5.74, 6) is 0.0808. The van der Waals surface area contributed by atoms with Gasteiger partial charge < -0.3 is 9.30 Å². The van der Waals surface area contributed by atoms with Gasteiger partial charge in [0.15, 0.2) is 5.75 Å². The lowest BCUT2D eigenvalue weighted by molar-refractivity contribution is -0.128. The van der Waals surface area contributed by atoms with E-state index < -0.39 is 18.0 Å². The number of rotatable bonds is 4. The molecule has 1 aromatic heterocycles. The lowest BCUT2D eigenvalue weighted by Gasteiger charge is -2.17. The average molecular weight is 311 g/mol. The van der Waals surface area contributed by atoms with E-state index in [0.29, 0.717) is 5.69 Å². The summed E-state index contributed by atoms with van der Waals surface area (Å²) in [5.41, 5.74) is 0.638. The molecule has 118 valence electrons. The van der Waals surface area contributed by atoms with Gasteiger partial charge in [-0.15, -0.1) is 0 Å². The highest BCUT2D eigenvalue weighted by molar-refractivity contribution is 5.31. The Kier molecular flexibility index (Phi) is 4.59. The second-order valence-electron chi connectivity index (χ2n) is 5.04. The maximum atomic E-state index is 12.5. The first-order valence-corrected chi connectivity index (χ1v) is 6.71. The van der Waals surface area contributed by atoms with Crippen molar-refractivity contribution in [2.24, 2.45) is 7.05 Å². The first kappa shape index (κ1) is 16.1. The molecule has 0 fully saturated rings. The van der Waals surface area contributed by atoms with Crippen molar-refractivity contribution in [3.8, 4) is 5.75 Å². The summed E-state index contributed by atoms with van der Waals surface area (Å²) in [5, 5.41) is 0. The van der Waals surface area contributed by atoms with Crippen LogP contribution in [-0.4, -0.2) is 10.7 Å². The number of benzene rings is 1. The molecule has 3 nitrogen and oxygen atoms in total. The predicted molar refractivity (Wildman–Crippen MR) is 77.0 cm³/mol. The van der Waals surface area contributed by atoms with Crippen molar-refractivity contribution < 1.29 is 17.9 Å². The Balaban J connectivity index is 2.26. The molecule has 0 amide bonds. The first-order valence-electron chi connectivity index (χ1n) is 6.71. The Bertz CT molecular complexity index is 706. The van der Waals surface area contributed by atoms with Crippen LogP contribution in [0.3, 0.4) is 0 Å². The molecule has 0 unspecified atom stereocenters. The van der Waals surface area contributed by atoms with E-state index in [2.05, 4.69) is 0 Å². The molecule has 0 saturated carbocycles. The largest absolute Gasteiger partial charge is 0.483 e. The fourth-order valence-electron chi connectivity index (χ4n) is 2.14. The highest BCUT2D eigenvalue weighted by Gasteiger charge is 2.29. The second-order valence-corrected chi connectivity index (χ2v) is 5.04. The van der Waals surface area contributed by atoms with Crippen LogP contribution in [0.5, 0.6) is 5.75 Å². The Hall–Kier alpha value is -2.24. The summed E-state index contributed by atoms with van der Waals surface area (Å²) in [7, 11) is 1.49. The molecule has 0 aliphatic heterocycles. The van der Waals surface area contributed by atoms with Gasteiger partial charge in [-0.1, -0.05) is 30.3 Å². The van der Waals surface area contributed by atoms with Crippen LogP contribution >= 0.6 is 0 Å². The van der Waals surface area contributed by atoms with Crippen molar-refractivity contribution in [2.75, 3.05) is 0 Å². The van der Waals surface area contributed by atoms with Gasteiger partial charge >= 0.3 is 6.18 Å². The fraction of sp³-hybridized carbons (Fsp3) is 0.312. The molecule has 2 rings (SSSR count). The predicted octanol–water partition coefficient (Wildman–Crippen LogP) is 3.38. The highest BCUT2D eigenvalue weighted by Crippen LogP contribution is 2.23. The van der Waals surface area contributed by atoms with Crippen LogP contribution in [0.25, 0.3) is 0 Å². The van der Waals surface area contributed by atoms with E-state index in [0.717, 1.165) is 11.6 Å². The molecular weight excluding hydrogens is 295 g/mol. The minimum absolute atomic E-state index is 0.0808. The van der Waals surface area contributed by atoms with E-state index in [1.807, 2.05) is 30.3 Å². The maximum absolute atomic E-state index is 12.5. The molecule has 0 radical (unpaired) electrons. The summed E-state index contributed by atoms with van der Waals surface area (Å²) < 4.78 is 44.4. The molecule has 1 aromatic carbocycles. The lowest BCUT2D eigenvalue weighted by Crippen LogP contribution is -2.22. The minimum Gasteiger partial charge on any atom is -0.483 e. The smallest absolute Gasteiger partial charge is 0.394 e. The number of halogens is 3. The lowest BCUT2D eigenvalue weighted by atomic mass is 10.2. The third-order valence-electron chi connectivity index (χ3n) is 3.39. The van der Waals surface area contributed by atoms with Crippen LogP contribution in [0.4, 0.5) is 13.2 Å². The molecular formula is C16H16F3NO2. The zero-order valence-electron chi connectivity index (χ0n) is 12.3. The third kappa shape index (κ3) is 3.90. The van der Waals surface area contributed by atoms with E-state index >= 15 is 0 Å². The molecule has 1 heterocycles. The Morgan fingerprint density at radius 2 is 1.82 bits per heavy atom. The molecule has 0 saturated heterocycles. The molecule has 22 heavy (non-hydrogen) atoms. The van der Waals surface area contributed by atoms with E-state index in [1.54, 1.807) is 6.92 Å². The SMILES string of the molecule is Cc1c(OCc2ccccc2)c(=O)cc(CC(F)(F)F)n1C. The quantitative estimate of drug-likeness (QED) is 0.867. The standard InChI is InChI=1S/C16H16F3NO2/c1-11-15(22-10-12-6-4-3-5-7-12)14(21)8-13(20(11)2)9-16(17,18)19/h3-8H,9-10H2,1-2H3. The number of hydrogen-bond donors (Lipinski definition) is 0. The number of nitrogens with zero attached hydrogens (tertiary/aromatic N) is 1. The van der Waals surface area contributed by atoms with Crippen molar-refractivity contribution >= 4 is 0 Å². The summed E-state index contributed by atoms with van der Waals surface area (Å²) in [4.78, 5) is 12.0. The Labute approximate surface area is 126 Å². The molecule has 0 aliphatic carbocycles. The molecule has 6 heteroatoms. The van der Waals surface area contributed by atoms with Crippen LogP contribution in [0.15, 0.2) is 41.2 Å². The first-order chi connectivity index (χ1) is 10.3. The zero-order valence-corrected chi connectivity index (χ0v) is 12.3. The molecule has 0 N–H and O–H groups in total. The van der Waals surface area contributed by atoms with Crippen LogP contribution in [0.2, 0.25) is 0 Å². The summed E-state index contributed by atoms with van der Waals surface area (Å²) in [6.45, 7) is 1.76. The zero-order chi connectivity index (χ0) is 16.3.